The van der Waals surface area contributed by atoms with E-state index in [1.54, 1.807) is 0 Å². The van der Waals surface area contributed by atoms with Crippen molar-refractivity contribution < 1.29 is 0 Å². The van der Waals surface area contributed by atoms with E-state index < -0.39 is 0 Å². The smallest absolute Gasteiger partial charge is 0.0963 e. The van der Waals surface area contributed by atoms with E-state index in [2.05, 4.69) is 159 Å². The van der Waals surface area contributed by atoms with E-state index in [-0.39, 0.29) is 0 Å². The monoisotopic (exact) mass is 578 g/mol. The molecule has 0 amide bonds. The molecule has 1 aliphatic heterocycles. The molecule has 1 aliphatic rings. The summed E-state index contributed by atoms with van der Waals surface area (Å²) >= 11 is 0. The zero-order valence-corrected chi connectivity index (χ0v) is 24.7. The Balaban J connectivity index is 0.960. The third-order valence-electron chi connectivity index (χ3n) is 9.03. The van der Waals surface area contributed by atoms with Crippen molar-refractivity contribution in [2.45, 2.75) is 6.42 Å². The maximum atomic E-state index is 4.67. The van der Waals surface area contributed by atoms with E-state index in [0.29, 0.717) is 0 Å². The minimum atomic E-state index is 0.866. The molecule has 45 heavy (non-hydrogen) atoms. The van der Waals surface area contributed by atoms with E-state index in [1.165, 1.54) is 61.1 Å². The van der Waals surface area contributed by atoms with Gasteiger partial charge in [-0.1, -0.05) is 91.0 Å². The van der Waals surface area contributed by atoms with Crippen LogP contribution in [0.15, 0.2) is 146 Å². The summed E-state index contributed by atoms with van der Waals surface area (Å²) in [5, 5.41) is 6.01. The molecule has 0 aliphatic carbocycles. The second kappa shape index (κ2) is 10.4. The van der Waals surface area contributed by atoms with Crippen LogP contribution in [-0.4, -0.2) is 20.7 Å². The van der Waals surface area contributed by atoms with Gasteiger partial charge in [-0.3, -0.25) is 4.98 Å². The van der Waals surface area contributed by atoms with Crippen LogP contribution in [0, 0.1) is 0 Å². The summed E-state index contributed by atoms with van der Waals surface area (Å²) in [6.45, 7) is 0.866. The third kappa shape index (κ3) is 4.26. The number of hydrogen-bond acceptors (Lipinski definition) is 2. The molecule has 0 fully saturated rings. The van der Waals surface area contributed by atoms with Gasteiger partial charge in [0.1, 0.15) is 0 Å². The summed E-state index contributed by atoms with van der Waals surface area (Å²) in [7, 11) is 0. The predicted octanol–water partition coefficient (Wildman–Crippen LogP) is 9.82. The fraction of sp³-hybridized carbons (Fsp3) is 0.0488. The maximum absolute atomic E-state index is 4.67. The van der Waals surface area contributed by atoms with Gasteiger partial charge in [0.25, 0.3) is 0 Å². The molecule has 0 bridgehead atoms. The van der Waals surface area contributed by atoms with E-state index in [0.717, 1.165) is 29.7 Å². The zero-order chi connectivity index (χ0) is 29.7. The number of anilines is 1. The number of rotatable bonds is 5. The van der Waals surface area contributed by atoms with Gasteiger partial charge in [0, 0.05) is 34.9 Å². The fourth-order valence-electron chi connectivity index (χ4n) is 6.89. The van der Waals surface area contributed by atoms with Crippen LogP contribution in [0.3, 0.4) is 0 Å². The van der Waals surface area contributed by atoms with Crippen molar-refractivity contribution in [2.75, 3.05) is 11.9 Å². The second-order valence-corrected chi connectivity index (χ2v) is 11.7. The first-order chi connectivity index (χ1) is 22.3. The lowest BCUT2D eigenvalue weighted by atomic mass is 10.00. The highest BCUT2D eigenvalue weighted by Crippen LogP contribution is 2.36. The molecule has 4 heterocycles. The van der Waals surface area contributed by atoms with Gasteiger partial charge in [-0.05, 0) is 83.3 Å². The standard InChI is InChI=1S/C41H30N4/c1-3-9-36-34(7-1)40-38(11-5-25-42-40)44(36)32-21-15-29(16-22-32)27-28-13-17-30(18-14-28)31-19-23-33(24-20-31)45-37-10-4-2-8-35(37)41-39(45)12-6-26-43-41/h1-24,26,42H,25,27H2. The quantitative estimate of drug-likeness (QED) is 0.221. The SMILES string of the molecule is C1=Cc2c(c3ccccc3n2-c2ccc(Cc3ccc(-c4ccc(-n5c6ccccc6c6ncccc65)cc4)cc3)cc2)NC1. The normalized spacial score (nSPS) is 12.5. The van der Waals surface area contributed by atoms with Crippen molar-refractivity contribution in [1.29, 1.82) is 0 Å². The highest BCUT2D eigenvalue weighted by Gasteiger charge is 2.18. The molecule has 3 aromatic heterocycles. The van der Waals surface area contributed by atoms with E-state index in [4.69, 9.17) is 0 Å². The summed E-state index contributed by atoms with van der Waals surface area (Å²) in [6.07, 6.45) is 7.19. The molecule has 0 spiro atoms. The average Bonchev–Trinajstić information content (AvgIpc) is 3.62. The van der Waals surface area contributed by atoms with Crippen molar-refractivity contribution in [1.82, 2.24) is 14.1 Å². The van der Waals surface area contributed by atoms with Gasteiger partial charge in [-0.25, -0.2) is 0 Å². The van der Waals surface area contributed by atoms with Crippen LogP contribution in [0.25, 0.3) is 61.4 Å². The van der Waals surface area contributed by atoms with Crippen LogP contribution in [-0.2, 0) is 6.42 Å². The minimum absolute atomic E-state index is 0.866. The topological polar surface area (TPSA) is 34.8 Å². The van der Waals surface area contributed by atoms with E-state index in [1.807, 2.05) is 12.3 Å². The molecule has 214 valence electrons. The van der Waals surface area contributed by atoms with Crippen molar-refractivity contribution >= 4 is 44.6 Å². The van der Waals surface area contributed by atoms with Gasteiger partial charge in [0.2, 0.25) is 0 Å². The molecular formula is C41H30N4. The fourth-order valence-corrected chi connectivity index (χ4v) is 6.89. The summed E-state index contributed by atoms with van der Waals surface area (Å²) < 4.78 is 4.66. The molecule has 0 saturated carbocycles. The lowest BCUT2D eigenvalue weighted by molar-refractivity contribution is 1.09. The first-order valence-electron chi connectivity index (χ1n) is 15.5. The Labute approximate surface area is 261 Å². The van der Waals surface area contributed by atoms with Gasteiger partial charge in [0.15, 0.2) is 0 Å². The number of aromatic nitrogens is 3. The molecule has 0 radical (unpaired) electrons. The average molecular weight is 579 g/mol. The minimum Gasteiger partial charge on any atom is -0.379 e. The molecule has 5 aromatic carbocycles. The third-order valence-corrected chi connectivity index (χ3v) is 9.03. The summed E-state index contributed by atoms with van der Waals surface area (Å²) in [5.41, 5.74) is 14.3. The Kier molecular flexibility index (Phi) is 5.91. The first kappa shape index (κ1) is 25.6. The maximum Gasteiger partial charge on any atom is 0.0963 e. The molecule has 8 aromatic rings. The summed E-state index contributed by atoms with van der Waals surface area (Å²) in [4.78, 5) is 4.67. The number of para-hydroxylation sites is 2. The van der Waals surface area contributed by atoms with Crippen molar-refractivity contribution in [3.05, 3.63) is 163 Å². The molecule has 4 heteroatoms. The van der Waals surface area contributed by atoms with Gasteiger partial charge < -0.3 is 14.5 Å². The number of hydrogen-bond donors (Lipinski definition) is 1. The van der Waals surface area contributed by atoms with Crippen molar-refractivity contribution in [2.24, 2.45) is 0 Å². The number of pyridine rings is 1. The molecule has 0 unspecified atom stereocenters. The van der Waals surface area contributed by atoms with Gasteiger partial charge in [0.05, 0.1) is 33.4 Å². The number of benzene rings is 5. The second-order valence-electron chi connectivity index (χ2n) is 11.7. The van der Waals surface area contributed by atoms with Crippen molar-refractivity contribution in [3.8, 4) is 22.5 Å². The molecule has 9 rings (SSSR count). The van der Waals surface area contributed by atoms with Crippen LogP contribution in [0.2, 0.25) is 0 Å². The van der Waals surface area contributed by atoms with E-state index in [9.17, 15) is 0 Å². The Bertz CT molecular complexity index is 2320. The Morgan fingerprint density at radius 2 is 1.13 bits per heavy atom. The number of nitrogens with one attached hydrogen (secondary N) is 1. The van der Waals surface area contributed by atoms with Crippen LogP contribution in [0.4, 0.5) is 5.69 Å². The Hall–Kier alpha value is -5.87. The van der Waals surface area contributed by atoms with E-state index >= 15 is 0 Å². The number of fused-ring (bicyclic) bond motifs is 6. The molecular weight excluding hydrogens is 548 g/mol. The van der Waals surface area contributed by atoms with Crippen LogP contribution in [0.5, 0.6) is 0 Å². The van der Waals surface area contributed by atoms with Crippen LogP contribution < -0.4 is 5.32 Å². The van der Waals surface area contributed by atoms with Gasteiger partial charge in [-0.15, -0.1) is 0 Å². The highest BCUT2D eigenvalue weighted by atomic mass is 15.0. The molecule has 4 nitrogen and oxygen atoms in total. The predicted molar refractivity (Wildman–Crippen MR) is 188 cm³/mol. The summed E-state index contributed by atoms with van der Waals surface area (Å²) in [6, 6.07) is 48.1. The lowest BCUT2D eigenvalue weighted by Gasteiger charge is -2.13. The van der Waals surface area contributed by atoms with Crippen LogP contribution in [0.1, 0.15) is 16.8 Å². The van der Waals surface area contributed by atoms with Crippen molar-refractivity contribution in [3.63, 3.8) is 0 Å². The van der Waals surface area contributed by atoms with Gasteiger partial charge >= 0.3 is 0 Å². The molecule has 1 N–H and O–H groups in total. The van der Waals surface area contributed by atoms with Crippen LogP contribution >= 0.6 is 0 Å². The van der Waals surface area contributed by atoms with Gasteiger partial charge in [-0.2, -0.15) is 0 Å². The first-order valence-corrected chi connectivity index (χ1v) is 15.5. The Morgan fingerprint density at radius 3 is 1.89 bits per heavy atom. The zero-order valence-electron chi connectivity index (χ0n) is 24.7. The summed E-state index contributed by atoms with van der Waals surface area (Å²) in [5.74, 6) is 0. The lowest BCUT2D eigenvalue weighted by Crippen LogP contribution is -2.05. The highest BCUT2D eigenvalue weighted by molar-refractivity contribution is 6.07. The molecule has 0 saturated heterocycles. The number of nitrogens with zero attached hydrogens (tertiary/aromatic N) is 3. The molecule has 0 atom stereocenters. The largest absolute Gasteiger partial charge is 0.379 e. The Morgan fingerprint density at radius 1 is 0.556 bits per heavy atom.